The van der Waals surface area contributed by atoms with Crippen LogP contribution in [0, 0.1) is 5.41 Å². The zero-order chi connectivity index (χ0) is 14.3. The quantitative estimate of drug-likeness (QED) is 0.655. The molecule has 1 saturated heterocycles. The highest BCUT2D eigenvalue weighted by Gasteiger charge is 2.55. The van der Waals surface area contributed by atoms with E-state index in [1.807, 2.05) is 18.2 Å². The molecular formula is C16H17NO3. The summed E-state index contributed by atoms with van der Waals surface area (Å²) in [6, 6.07) is 7.38. The van der Waals surface area contributed by atoms with Crippen LogP contribution in [-0.2, 0) is 11.2 Å². The number of benzene rings is 1. The van der Waals surface area contributed by atoms with E-state index in [1.165, 1.54) is 4.90 Å². The van der Waals surface area contributed by atoms with Crippen molar-refractivity contribution < 1.29 is 14.7 Å². The molecule has 1 heterocycles. The summed E-state index contributed by atoms with van der Waals surface area (Å²) < 4.78 is 0. The Hall–Kier alpha value is -1.94. The van der Waals surface area contributed by atoms with Crippen LogP contribution >= 0.6 is 0 Å². The molecular weight excluding hydrogens is 254 g/mol. The van der Waals surface area contributed by atoms with Gasteiger partial charge in [-0.2, -0.15) is 0 Å². The van der Waals surface area contributed by atoms with Crippen LogP contribution in [0.25, 0.3) is 0 Å². The van der Waals surface area contributed by atoms with Crippen LogP contribution < -0.4 is 0 Å². The Kier molecular flexibility index (Phi) is 2.98. The number of ketones is 1. The van der Waals surface area contributed by atoms with Gasteiger partial charge in [-0.1, -0.05) is 30.3 Å². The molecule has 2 unspecified atom stereocenters. The smallest absolute Gasteiger partial charge is 0.239 e. The highest BCUT2D eigenvalue weighted by molar-refractivity contribution is 6.17. The molecule has 1 amide bonds. The van der Waals surface area contributed by atoms with Crippen LogP contribution in [0.15, 0.2) is 36.9 Å². The van der Waals surface area contributed by atoms with Crippen LogP contribution in [-0.4, -0.2) is 34.5 Å². The summed E-state index contributed by atoms with van der Waals surface area (Å²) in [6.07, 6.45) is 2.05. The number of fused-ring (bicyclic) bond motifs is 1. The second-order valence-corrected chi connectivity index (χ2v) is 5.51. The van der Waals surface area contributed by atoms with Crippen LogP contribution in [0.3, 0.4) is 0 Å². The van der Waals surface area contributed by atoms with E-state index in [0.717, 1.165) is 5.56 Å². The molecule has 3 rings (SSSR count). The van der Waals surface area contributed by atoms with Crippen LogP contribution in [0.5, 0.6) is 0 Å². The predicted octanol–water partition coefficient (Wildman–Crippen LogP) is 1.54. The van der Waals surface area contributed by atoms with Crippen molar-refractivity contribution in [3.8, 4) is 0 Å². The molecule has 2 atom stereocenters. The average Bonchev–Trinajstić information content (AvgIpc) is 2.74. The summed E-state index contributed by atoms with van der Waals surface area (Å²) in [7, 11) is 0. The number of aliphatic hydroxyl groups is 1. The Morgan fingerprint density at radius 1 is 1.40 bits per heavy atom. The third kappa shape index (κ3) is 1.64. The maximum atomic E-state index is 12.7. The molecule has 2 aliphatic rings. The van der Waals surface area contributed by atoms with Crippen molar-refractivity contribution in [2.75, 3.05) is 6.54 Å². The van der Waals surface area contributed by atoms with Gasteiger partial charge >= 0.3 is 0 Å². The second-order valence-electron chi connectivity index (χ2n) is 5.51. The molecule has 1 aliphatic carbocycles. The molecule has 0 bridgehead atoms. The van der Waals surface area contributed by atoms with E-state index in [1.54, 1.807) is 12.1 Å². The van der Waals surface area contributed by atoms with Gasteiger partial charge in [-0.15, -0.1) is 6.58 Å². The van der Waals surface area contributed by atoms with Crippen molar-refractivity contribution in [1.29, 1.82) is 0 Å². The molecule has 0 saturated carbocycles. The number of nitrogens with zero attached hydrogens (tertiary/aromatic N) is 1. The van der Waals surface area contributed by atoms with Crippen molar-refractivity contribution in [3.63, 3.8) is 0 Å². The third-order valence-electron chi connectivity index (χ3n) is 4.37. The first-order chi connectivity index (χ1) is 9.60. The lowest BCUT2D eigenvalue weighted by molar-refractivity contribution is -0.156. The minimum absolute atomic E-state index is 0.0981. The standard InChI is InChI=1S/C16H17NO3/c1-2-9-17-13(18)7-8-16(15(17)20)10-11-5-3-4-6-12(11)14(16)19/h2-6,13,18H,1,7-10H2. The first kappa shape index (κ1) is 13.1. The number of hydrogen-bond donors (Lipinski definition) is 1. The second kappa shape index (κ2) is 4.56. The Balaban J connectivity index is 2.00. The van der Waals surface area contributed by atoms with Gasteiger partial charge in [0, 0.05) is 12.1 Å². The van der Waals surface area contributed by atoms with E-state index < -0.39 is 11.6 Å². The fraction of sp³-hybridized carbons (Fsp3) is 0.375. The third-order valence-corrected chi connectivity index (χ3v) is 4.37. The molecule has 4 nitrogen and oxygen atoms in total. The molecule has 104 valence electrons. The van der Waals surface area contributed by atoms with Gasteiger partial charge in [-0.25, -0.2) is 0 Å². The van der Waals surface area contributed by atoms with E-state index in [9.17, 15) is 14.7 Å². The molecule has 1 aliphatic heterocycles. The van der Waals surface area contributed by atoms with Gasteiger partial charge in [-0.05, 0) is 24.8 Å². The van der Waals surface area contributed by atoms with Gasteiger partial charge in [-0.3, -0.25) is 9.59 Å². The summed E-state index contributed by atoms with van der Waals surface area (Å²) in [5, 5.41) is 9.96. The fourth-order valence-corrected chi connectivity index (χ4v) is 3.33. The van der Waals surface area contributed by atoms with Gasteiger partial charge in [0.1, 0.15) is 11.6 Å². The van der Waals surface area contributed by atoms with Crippen molar-refractivity contribution in [2.45, 2.75) is 25.5 Å². The summed E-state index contributed by atoms with van der Waals surface area (Å²) in [5.41, 5.74) is 0.572. The van der Waals surface area contributed by atoms with Gasteiger partial charge in [0.15, 0.2) is 5.78 Å². The van der Waals surface area contributed by atoms with Gasteiger partial charge in [0.2, 0.25) is 5.91 Å². The van der Waals surface area contributed by atoms with Crippen molar-refractivity contribution in [1.82, 2.24) is 4.90 Å². The number of rotatable bonds is 2. The molecule has 1 spiro atoms. The number of hydrogen-bond acceptors (Lipinski definition) is 3. The van der Waals surface area contributed by atoms with E-state index in [2.05, 4.69) is 6.58 Å². The number of amides is 1. The van der Waals surface area contributed by atoms with Crippen molar-refractivity contribution in [3.05, 3.63) is 48.0 Å². The lowest BCUT2D eigenvalue weighted by atomic mass is 9.75. The van der Waals surface area contributed by atoms with Gasteiger partial charge in [0.25, 0.3) is 0 Å². The topological polar surface area (TPSA) is 57.6 Å². The SMILES string of the molecule is C=CCN1C(=O)C2(CCC1O)Cc1ccccc1C2=O. The number of aliphatic hydroxyl groups excluding tert-OH is 1. The summed E-state index contributed by atoms with van der Waals surface area (Å²) >= 11 is 0. The average molecular weight is 271 g/mol. The highest BCUT2D eigenvalue weighted by atomic mass is 16.3. The van der Waals surface area contributed by atoms with E-state index in [0.29, 0.717) is 24.8 Å². The van der Waals surface area contributed by atoms with Crippen molar-refractivity contribution in [2.24, 2.45) is 5.41 Å². The van der Waals surface area contributed by atoms with Crippen LogP contribution in [0.2, 0.25) is 0 Å². The Bertz CT molecular complexity index is 595. The van der Waals surface area contributed by atoms with E-state index >= 15 is 0 Å². The maximum Gasteiger partial charge on any atom is 0.239 e. The minimum atomic E-state index is -1.01. The minimum Gasteiger partial charge on any atom is -0.374 e. The Morgan fingerprint density at radius 3 is 2.85 bits per heavy atom. The van der Waals surface area contributed by atoms with Gasteiger partial charge < -0.3 is 10.0 Å². The molecule has 1 N–H and O–H groups in total. The predicted molar refractivity (Wildman–Crippen MR) is 74.1 cm³/mol. The molecule has 1 fully saturated rings. The highest BCUT2D eigenvalue weighted by Crippen LogP contribution is 2.45. The molecule has 20 heavy (non-hydrogen) atoms. The largest absolute Gasteiger partial charge is 0.374 e. The van der Waals surface area contributed by atoms with Crippen molar-refractivity contribution >= 4 is 11.7 Å². The number of likely N-dealkylation sites (tertiary alicyclic amines) is 1. The molecule has 0 radical (unpaired) electrons. The zero-order valence-electron chi connectivity index (χ0n) is 11.2. The van der Waals surface area contributed by atoms with E-state index in [4.69, 9.17) is 0 Å². The molecule has 1 aromatic carbocycles. The number of piperidine rings is 1. The fourth-order valence-electron chi connectivity index (χ4n) is 3.33. The van der Waals surface area contributed by atoms with Gasteiger partial charge in [0.05, 0.1) is 0 Å². The number of carbonyl (C=O) groups is 2. The molecule has 1 aromatic rings. The Labute approximate surface area is 117 Å². The number of carbonyl (C=O) groups excluding carboxylic acids is 2. The zero-order valence-corrected chi connectivity index (χ0v) is 11.2. The monoisotopic (exact) mass is 271 g/mol. The molecule has 4 heteroatoms. The van der Waals surface area contributed by atoms with Crippen LogP contribution in [0.4, 0.5) is 0 Å². The van der Waals surface area contributed by atoms with E-state index in [-0.39, 0.29) is 18.2 Å². The first-order valence-corrected chi connectivity index (χ1v) is 6.83. The first-order valence-electron chi connectivity index (χ1n) is 6.83. The lowest BCUT2D eigenvalue weighted by Crippen LogP contribution is -2.56. The summed E-state index contributed by atoms with van der Waals surface area (Å²) in [6.45, 7) is 3.88. The normalized spacial score (nSPS) is 28.9. The molecule has 0 aromatic heterocycles. The lowest BCUT2D eigenvalue weighted by Gasteiger charge is -2.40. The maximum absolute atomic E-state index is 12.7. The number of Topliss-reactive ketones (excluding diaryl/α,β-unsaturated/α-hetero) is 1. The van der Waals surface area contributed by atoms with Crippen LogP contribution in [0.1, 0.15) is 28.8 Å². The Morgan fingerprint density at radius 2 is 2.15 bits per heavy atom. The summed E-state index contributed by atoms with van der Waals surface area (Å²) in [5.74, 6) is -0.364. The summed E-state index contributed by atoms with van der Waals surface area (Å²) in [4.78, 5) is 26.8.